The molecule has 7 heteroatoms. The molecular formula is C25H35N5O2. The number of carbonyl (C=O) groups is 2. The Hall–Kier alpha value is -2.70. The number of hydrogen-bond acceptors (Lipinski definition) is 4. The third kappa shape index (κ3) is 4.43. The van der Waals surface area contributed by atoms with E-state index in [9.17, 15) is 9.59 Å². The van der Waals surface area contributed by atoms with Crippen LogP contribution in [0.15, 0.2) is 41.7 Å². The average molecular weight is 438 g/mol. The van der Waals surface area contributed by atoms with Crippen molar-refractivity contribution in [3.05, 3.63) is 42.2 Å². The summed E-state index contributed by atoms with van der Waals surface area (Å²) < 4.78 is 0. The second-order valence-electron chi connectivity index (χ2n) is 9.46. The van der Waals surface area contributed by atoms with Crippen molar-refractivity contribution in [2.75, 3.05) is 26.2 Å². The molecule has 5 unspecified atom stereocenters. The van der Waals surface area contributed by atoms with Crippen LogP contribution in [0.2, 0.25) is 0 Å². The summed E-state index contributed by atoms with van der Waals surface area (Å²) in [5.74, 6) is 1.90. The van der Waals surface area contributed by atoms with Gasteiger partial charge in [0.15, 0.2) is 5.96 Å². The zero-order valence-corrected chi connectivity index (χ0v) is 19.3. The molecule has 2 fully saturated rings. The van der Waals surface area contributed by atoms with E-state index in [1.165, 1.54) is 10.5 Å². The molecule has 2 aliphatic carbocycles. The molecule has 0 aromatic carbocycles. The van der Waals surface area contributed by atoms with Gasteiger partial charge < -0.3 is 10.6 Å². The largest absolute Gasteiger partial charge is 0.357 e. The zero-order chi connectivity index (χ0) is 22.7. The molecule has 4 rings (SSSR count). The topological polar surface area (TPSA) is 86.7 Å². The fourth-order valence-electron chi connectivity index (χ4n) is 5.46. The van der Waals surface area contributed by atoms with E-state index in [2.05, 4.69) is 47.7 Å². The standard InChI is InChI=1S/C25H35N5O2/c1-4-27-25(29-15-20(16(2)3)19-7-5-10-26-14-19)28-11-6-12-30-23(31)21-17-8-9-18(13-17)22(21)24(30)32/h5,7-10,14,16-18,20-22H,4,6,11-13,15H2,1-3H3,(H2,27,28,29). The van der Waals surface area contributed by atoms with E-state index in [0.717, 1.165) is 18.9 Å². The summed E-state index contributed by atoms with van der Waals surface area (Å²) in [5, 5.41) is 6.66. The second kappa shape index (κ2) is 9.84. The van der Waals surface area contributed by atoms with Crippen molar-refractivity contribution >= 4 is 17.8 Å². The van der Waals surface area contributed by atoms with Gasteiger partial charge in [0.1, 0.15) is 0 Å². The molecular weight excluding hydrogens is 402 g/mol. The van der Waals surface area contributed by atoms with Crippen LogP contribution in [0.1, 0.15) is 45.1 Å². The molecule has 1 aromatic heterocycles. The Morgan fingerprint density at radius 3 is 2.50 bits per heavy atom. The van der Waals surface area contributed by atoms with Crippen LogP contribution in [0.5, 0.6) is 0 Å². The average Bonchev–Trinajstić information content (AvgIpc) is 3.46. The summed E-state index contributed by atoms with van der Waals surface area (Å²) in [4.78, 5) is 36.2. The number of aliphatic imine (C=N–C) groups is 1. The predicted octanol–water partition coefficient (Wildman–Crippen LogP) is 2.57. The monoisotopic (exact) mass is 437 g/mol. The molecule has 2 N–H and O–H groups in total. The summed E-state index contributed by atoms with van der Waals surface area (Å²) in [5.41, 5.74) is 1.20. The fourth-order valence-corrected chi connectivity index (χ4v) is 5.46. The molecule has 0 spiro atoms. The van der Waals surface area contributed by atoms with Crippen LogP contribution in [-0.2, 0) is 9.59 Å². The molecule has 1 saturated carbocycles. The Morgan fingerprint density at radius 2 is 1.91 bits per heavy atom. The maximum Gasteiger partial charge on any atom is 0.233 e. The fraction of sp³-hybridized carbons (Fsp3) is 0.600. The number of nitrogens with one attached hydrogen (secondary N) is 2. The molecule has 32 heavy (non-hydrogen) atoms. The van der Waals surface area contributed by atoms with Crippen molar-refractivity contribution in [1.29, 1.82) is 0 Å². The van der Waals surface area contributed by atoms with Crippen molar-refractivity contribution in [2.45, 2.75) is 39.5 Å². The lowest BCUT2D eigenvalue weighted by molar-refractivity contribution is -0.140. The van der Waals surface area contributed by atoms with Crippen LogP contribution in [0.4, 0.5) is 0 Å². The minimum absolute atomic E-state index is 0.0358. The number of amides is 2. The Kier molecular flexibility index (Phi) is 6.92. The SMILES string of the molecule is CCNC(=NCC(c1cccnc1)C(C)C)NCCCN1C(=O)C2C3C=CC(C3)C2C1=O. The van der Waals surface area contributed by atoms with Crippen LogP contribution >= 0.6 is 0 Å². The molecule has 1 aromatic rings. The highest BCUT2D eigenvalue weighted by molar-refractivity contribution is 6.06. The number of aromatic nitrogens is 1. The molecule has 7 nitrogen and oxygen atoms in total. The molecule has 0 radical (unpaired) electrons. The zero-order valence-electron chi connectivity index (χ0n) is 19.3. The van der Waals surface area contributed by atoms with Gasteiger partial charge in [-0.25, -0.2) is 0 Å². The number of imide groups is 1. The number of hydrogen-bond donors (Lipinski definition) is 2. The molecule has 2 heterocycles. The van der Waals surface area contributed by atoms with Crippen LogP contribution in [0, 0.1) is 29.6 Å². The van der Waals surface area contributed by atoms with Crippen LogP contribution in [0.3, 0.4) is 0 Å². The molecule has 3 aliphatic rings. The van der Waals surface area contributed by atoms with Gasteiger partial charge in [0.25, 0.3) is 0 Å². The number of pyridine rings is 1. The Balaban J connectivity index is 1.29. The van der Waals surface area contributed by atoms with E-state index in [0.29, 0.717) is 37.9 Å². The lowest BCUT2D eigenvalue weighted by Crippen LogP contribution is -2.40. The number of nitrogens with zero attached hydrogens (tertiary/aromatic N) is 3. The predicted molar refractivity (Wildman–Crippen MR) is 125 cm³/mol. The Morgan fingerprint density at radius 1 is 1.19 bits per heavy atom. The first-order valence-electron chi connectivity index (χ1n) is 12.0. The molecule has 2 amide bonds. The summed E-state index contributed by atoms with van der Waals surface area (Å²) >= 11 is 0. The second-order valence-corrected chi connectivity index (χ2v) is 9.46. The first kappa shape index (κ1) is 22.5. The summed E-state index contributed by atoms with van der Waals surface area (Å²) in [7, 11) is 0. The summed E-state index contributed by atoms with van der Waals surface area (Å²) in [6.45, 7) is 9.02. The van der Waals surface area contributed by atoms with E-state index >= 15 is 0 Å². The van der Waals surface area contributed by atoms with Crippen LogP contribution < -0.4 is 10.6 Å². The minimum Gasteiger partial charge on any atom is -0.357 e. The number of likely N-dealkylation sites (tertiary alicyclic amines) is 1. The van der Waals surface area contributed by atoms with E-state index < -0.39 is 0 Å². The van der Waals surface area contributed by atoms with Gasteiger partial charge in [-0.2, -0.15) is 0 Å². The van der Waals surface area contributed by atoms with Gasteiger partial charge in [0.05, 0.1) is 11.8 Å². The lowest BCUT2D eigenvalue weighted by atomic mass is 9.85. The maximum absolute atomic E-state index is 12.8. The van der Waals surface area contributed by atoms with Crippen LogP contribution in [0.25, 0.3) is 0 Å². The smallest absolute Gasteiger partial charge is 0.233 e. The normalized spacial score (nSPS) is 27.4. The van der Waals surface area contributed by atoms with Crippen molar-refractivity contribution in [2.24, 2.45) is 34.6 Å². The third-order valence-electron chi connectivity index (χ3n) is 7.12. The van der Waals surface area contributed by atoms with Gasteiger partial charge in [-0.1, -0.05) is 32.1 Å². The van der Waals surface area contributed by atoms with Gasteiger partial charge in [-0.3, -0.25) is 24.5 Å². The van der Waals surface area contributed by atoms with Gasteiger partial charge in [-0.05, 0) is 49.1 Å². The van der Waals surface area contributed by atoms with Crippen molar-refractivity contribution in [3.63, 3.8) is 0 Å². The van der Waals surface area contributed by atoms with E-state index in [4.69, 9.17) is 4.99 Å². The first-order chi connectivity index (χ1) is 15.5. The van der Waals surface area contributed by atoms with Gasteiger partial charge in [-0.15, -0.1) is 0 Å². The molecule has 5 atom stereocenters. The van der Waals surface area contributed by atoms with Crippen LogP contribution in [-0.4, -0.2) is 53.8 Å². The minimum atomic E-state index is -0.107. The third-order valence-corrected chi connectivity index (χ3v) is 7.12. The van der Waals surface area contributed by atoms with Crippen molar-refractivity contribution in [3.8, 4) is 0 Å². The lowest BCUT2D eigenvalue weighted by Gasteiger charge is -2.20. The van der Waals surface area contributed by atoms with Gasteiger partial charge >= 0.3 is 0 Å². The number of carbonyl (C=O) groups excluding carboxylic acids is 2. The quantitative estimate of drug-likeness (QED) is 0.204. The summed E-state index contributed by atoms with van der Waals surface area (Å²) in [6.07, 6.45) is 9.66. The highest BCUT2D eigenvalue weighted by Gasteiger charge is 2.58. The Labute approximate surface area is 190 Å². The Bertz CT molecular complexity index is 852. The van der Waals surface area contributed by atoms with Gasteiger partial charge in [0, 0.05) is 44.5 Å². The number of guanidine groups is 1. The highest BCUT2D eigenvalue weighted by Crippen LogP contribution is 2.52. The summed E-state index contributed by atoms with van der Waals surface area (Å²) in [6, 6.07) is 4.07. The molecule has 1 saturated heterocycles. The van der Waals surface area contributed by atoms with Gasteiger partial charge in [0.2, 0.25) is 11.8 Å². The molecule has 1 aliphatic heterocycles. The number of fused-ring (bicyclic) bond motifs is 5. The number of allylic oxidation sites excluding steroid dienone is 2. The van der Waals surface area contributed by atoms with E-state index in [-0.39, 0.29) is 35.5 Å². The number of rotatable bonds is 9. The van der Waals surface area contributed by atoms with Crippen molar-refractivity contribution < 1.29 is 9.59 Å². The van der Waals surface area contributed by atoms with E-state index in [1.807, 2.05) is 19.2 Å². The highest BCUT2D eigenvalue weighted by atomic mass is 16.2. The molecule has 2 bridgehead atoms. The van der Waals surface area contributed by atoms with E-state index in [1.54, 1.807) is 6.20 Å². The van der Waals surface area contributed by atoms with Crippen molar-refractivity contribution in [1.82, 2.24) is 20.5 Å². The molecule has 172 valence electrons. The first-order valence-corrected chi connectivity index (χ1v) is 12.0. The maximum atomic E-state index is 12.8.